The molecular formula is C24H27N7OS. The summed E-state index contributed by atoms with van der Waals surface area (Å²) < 4.78 is 15.9. The van der Waals surface area contributed by atoms with Crippen LogP contribution in [-0.2, 0) is 11.0 Å². The summed E-state index contributed by atoms with van der Waals surface area (Å²) in [6.45, 7) is 0.828. The number of benzene rings is 1. The summed E-state index contributed by atoms with van der Waals surface area (Å²) in [5, 5.41) is 17.1. The average Bonchev–Trinajstić information content (AvgIpc) is 3.61. The second-order valence-electron chi connectivity index (χ2n) is 8.60. The van der Waals surface area contributed by atoms with Gasteiger partial charge in [-0.3, -0.25) is 8.99 Å². The van der Waals surface area contributed by atoms with Crippen LogP contribution in [0, 0.1) is 17.2 Å². The molecule has 3 heterocycles. The highest BCUT2D eigenvalue weighted by Crippen LogP contribution is 2.36. The summed E-state index contributed by atoms with van der Waals surface area (Å²) >= 11 is 0. The van der Waals surface area contributed by atoms with Crippen molar-refractivity contribution < 1.29 is 4.21 Å². The first-order chi connectivity index (χ1) is 16.2. The Morgan fingerprint density at radius 1 is 1.18 bits per heavy atom. The van der Waals surface area contributed by atoms with Gasteiger partial charge in [-0.15, -0.1) is 0 Å². The predicted octanol–water partition coefficient (Wildman–Crippen LogP) is 4.60. The van der Waals surface area contributed by atoms with E-state index in [1.165, 1.54) is 12.8 Å². The summed E-state index contributed by atoms with van der Waals surface area (Å²) in [7, 11) is -0.922. The molecule has 8 nitrogen and oxygen atoms in total. The monoisotopic (exact) mass is 461 g/mol. The van der Waals surface area contributed by atoms with Crippen LogP contribution in [0.2, 0.25) is 0 Å². The van der Waals surface area contributed by atoms with Crippen LogP contribution in [0.4, 0.5) is 17.3 Å². The van der Waals surface area contributed by atoms with E-state index >= 15 is 0 Å². The molecule has 1 N–H and O–H groups in total. The molecule has 1 saturated heterocycles. The Balaban J connectivity index is 1.30. The van der Waals surface area contributed by atoms with Crippen LogP contribution in [0.25, 0.3) is 11.3 Å². The van der Waals surface area contributed by atoms with E-state index in [1.807, 2.05) is 51.7 Å². The number of nitrogens with one attached hydrogen (secondary N) is 1. The Bertz CT molecular complexity index is 1160. The van der Waals surface area contributed by atoms with Gasteiger partial charge in [0.2, 0.25) is 5.95 Å². The molecule has 5 rings (SSSR count). The Hall–Kier alpha value is -3.25. The van der Waals surface area contributed by atoms with E-state index in [1.54, 1.807) is 6.20 Å². The normalized spacial score (nSPS) is 19.5. The highest BCUT2D eigenvalue weighted by atomic mass is 32.2. The van der Waals surface area contributed by atoms with Gasteiger partial charge in [0, 0.05) is 41.6 Å². The van der Waals surface area contributed by atoms with Crippen LogP contribution in [-0.4, -0.2) is 36.3 Å². The molecule has 0 spiro atoms. The van der Waals surface area contributed by atoms with Gasteiger partial charge >= 0.3 is 0 Å². The third kappa shape index (κ3) is 4.76. The zero-order chi connectivity index (χ0) is 22.6. The van der Waals surface area contributed by atoms with Gasteiger partial charge in [0.1, 0.15) is 11.0 Å². The topological polar surface area (TPSA) is 99.7 Å². The maximum absolute atomic E-state index is 12.1. The van der Waals surface area contributed by atoms with Crippen LogP contribution in [0.5, 0.6) is 0 Å². The van der Waals surface area contributed by atoms with Crippen molar-refractivity contribution in [3.8, 4) is 17.3 Å². The first kappa shape index (κ1) is 21.6. The number of nitriles is 1. The van der Waals surface area contributed by atoms with Crippen molar-refractivity contribution in [2.45, 2.75) is 44.6 Å². The number of nitrogens with zero attached hydrogens (tertiary/aromatic N) is 6. The summed E-state index contributed by atoms with van der Waals surface area (Å²) in [5.74, 6) is 1.75. The fourth-order valence-electron chi connectivity index (χ4n) is 4.77. The Morgan fingerprint density at radius 3 is 2.73 bits per heavy atom. The lowest BCUT2D eigenvalue weighted by Gasteiger charge is -2.21. The quantitative estimate of drug-likeness (QED) is 0.552. The lowest BCUT2D eigenvalue weighted by Crippen LogP contribution is -2.19. The van der Waals surface area contributed by atoms with Gasteiger partial charge in [0.05, 0.1) is 30.4 Å². The van der Waals surface area contributed by atoms with E-state index in [9.17, 15) is 9.47 Å². The maximum atomic E-state index is 12.1. The van der Waals surface area contributed by atoms with E-state index in [-0.39, 0.29) is 6.04 Å². The fourth-order valence-corrected chi connectivity index (χ4v) is 6.06. The highest BCUT2D eigenvalue weighted by Gasteiger charge is 2.27. The third-order valence-electron chi connectivity index (χ3n) is 6.47. The van der Waals surface area contributed by atoms with Gasteiger partial charge in [0.25, 0.3) is 0 Å². The highest BCUT2D eigenvalue weighted by molar-refractivity contribution is 7.86. The molecule has 0 radical (unpaired) electrons. The Kier molecular flexibility index (Phi) is 6.35. The van der Waals surface area contributed by atoms with Crippen LogP contribution < -0.4 is 9.62 Å². The number of hydrogen-bond donors (Lipinski definition) is 1. The van der Waals surface area contributed by atoms with Crippen LogP contribution in [0.15, 0.2) is 48.9 Å². The summed E-state index contributed by atoms with van der Waals surface area (Å²) in [5.41, 5.74) is 3.53. The molecule has 0 bridgehead atoms. The van der Waals surface area contributed by atoms with Crippen molar-refractivity contribution in [3.05, 3.63) is 48.9 Å². The summed E-state index contributed by atoms with van der Waals surface area (Å²) in [6.07, 6.45) is 11.8. The molecule has 1 aliphatic carbocycles. The lowest BCUT2D eigenvalue weighted by atomic mass is 9.96. The van der Waals surface area contributed by atoms with Crippen molar-refractivity contribution in [2.24, 2.45) is 5.92 Å². The van der Waals surface area contributed by atoms with E-state index in [0.717, 1.165) is 54.2 Å². The lowest BCUT2D eigenvalue weighted by molar-refractivity contribution is 0.315. The van der Waals surface area contributed by atoms with Crippen LogP contribution >= 0.6 is 0 Å². The van der Waals surface area contributed by atoms with E-state index in [0.29, 0.717) is 18.3 Å². The van der Waals surface area contributed by atoms with E-state index in [4.69, 9.17) is 0 Å². The fraction of sp³-hybridized carbons (Fsp3) is 0.417. The molecule has 9 heteroatoms. The van der Waals surface area contributed by atoms with Gasteiger partial charge in [-0.25, -0.2) is 14.2 Å². The molecule has 2 fully saturated rings. The molecule has 33 heavy (non-hydrogen) atoms. The number of rotatable bonds is 7. The SMILES string of the molecule is N#CCC(C1CCCC1)n1cc(-c2ccnc(Nc3ccc(N4CCCS4=O)cc3)n2)cn1. The van der Waals surface area contributed by atoms with Gasteiger partial charge in [-0.05, 0) is 55.5 Å². The minimum atomic E-state index is -0.922. The van der Waals surface area contributed by atoms with E-state index in [2.05, 4.69) is 26.5 Å². The molecule has 2 atom stereocenters. The third-order valence-corrected chi connectivity index (χ3v) is 8.00. The molecule has 1 aliphatic heterocycles. The van der Waals surface area contributed by atoms with Crippen molar-refractivity contribution >= 4 is 28.3 Å². The van der Waals surface area contributed by atoms with Gasteiger partial charge < -0.3 is 5.32 Å². The predicted molar refractivity (Wildman–Crippen MR) is 129 cm³/mol. The molecule has 2 aliphatic rings. The van der Waals surface area contributed by atoms with Gasteiger partial charge in [0.15, 0.2) is 0 Å². The Morgan fingerprint density at radius 2 is 2.00 bits per heavy atom. The minimum Gasteiger partial charge on any atom is -0.324 e. The van der Waals surface area contributed by atoms with Crippen molar-refractivity contribution in [2.75, 3.05) is 21.9 Å². The van der Waals surface area contributed by atoms with Gasteiger partial charge in [-0.2, -0.15) is 10.4 Å². The minimum absolute atomic E-state index is 0.120. The summed E-state index contributed by atoms with van der Waals surface area (Å²) in [4.78, 5) is 9.02. The van der Waals surface area contributed by atoms with Crippen LogP contribution in [0.3, 0.4) is 0 Å². The van der Waals surface area contributed by atoms with Gasteiger partial charge in [-0.1, -0.05) is 12.8 Å². The molecule has 3 aromatic rings. The van der Waals surface area contributed by atoms with Crippen molar-refractivity contribution in [1.82, 2.24) is 19.7 Å². The zero-order valence-corrected chi connectivity index (χ0v) is 19.2. The summed E-state index contributed by atoms with van der Waals surface area (Å²) in [6, 6.07) is 12.2. The first-order valence-electron chi connectivity index (χ1n) is 11.5. The van der Waals surface area contributed by atoms with Crippen LogP contribution in [0.1, 0.15) is 44.6 Å². The molecule has 1 saturated carbocycles. The second-order valence-corrected chi connectivity index (χ2v) is 10.1. The smallest absolute Gasteiger partial charge is 0.227 e. The molecule has 2 aromatic heterocycles. The number of hydrogen-bond acceptors (Lipinski definition) is 6. The number of anilines is 3. The van der Waals surface area contributed by atoms with E-state index < -0.39 is 11.0 Å². The molecule has 1 aromatic carbocycles. The molecule has 170 valence electrons. The van der Waals surface area contributed by atoms with Crippen molar-refractivity contribution in [1.29, 1.82) is 5.26 Å². The molecular weight excluding hydrogens is 434 g/mol. The zero-order valence-electron chi connectivity index (χ0n) is 18.4. The maximum Gasteiger partial charge on any atom is 0.227 e. The second kappa shape index (κ2) is 9.71. The Labute approximate surface area is 196 Å². The largest absolute Gasteiger partial charge is 0.324 e. The van der Waals surface area contributed by atoms with Crippen molar-refractivity contribution in [3.63, 3.8) is 0 Å². The molecule has 2 unspecified atom stereocenters. The average molecular weight is 462 g/mol. The standard InChI is InChI=1S/C24H27N7OS/c25-12-10-23(18-4-1-2-5-18)30-17-19(16-27-30)22-11-13-26-24(29-22)28-20-6-8-21(9-7-20)31-14-3-15-33(31)32/h6-9,11,13,16-18,23H,1-5,10,14-15H2,(H,26,28,29). The number of aromatic nitrogens is 4. The molecule has 0 amide bonds. The first-order valence-corrected chi connectivity index (χ1v) is 12.8.